The van der Waals surface area contributed by atoms with E-state index < -0.39 is 0 Å². The summed E-state index contributed by atoms with van der Waals surface area (Å²) in [5.74, 6) is 2.28. The molecular formula is C29H29N3O6. The SMILES string of the molecule is Cc1ccc(-c2cccc(NC(=O)CCCOc3cc4c(cc3C)C(=O)N3CCC[C@H]3C=N4)c2)o1.O=C=O. The maximum atomic E-state index is 12.9. The molecule has 1 saturated heterocycles. The van der Waals surface area contributed by atoms with Crippen molar-refractivity contribution in [1.82, 2.24) is 4.90 Å². The average Bonchev–Trinajstić information content (AvgIpc) is 3.53. The molecule has 2 aliphatic heterocycles. The molecule has 0 saturated carbocycles. The largest absolute Gasteiger partial charge is 0.493 e. The monoisotopic (exact) mass is 515 g/mol. The predicted molar refractivity (Wildman–Crippen MR) is 141 cm³/mol. The van der Waals surface area contributed by atoms with Gasteiger partial charge in [0.25, 0.3) is 5.91 Å². The molecule has 1 atom stereocenters. The summed E-state index contributed by atoms with van der Waals surface area (Å²) in [6, 6.07) is 15.2. The molecular weight excluding hydrogens is 486 g/mol. The first-order valence-corrected chi connectivity index (χ1v) is 12.5. The molecule has 1 aromatic heterocycles. The standard InChI is InChI=1S/C28H29N3O4.CO2/c1-18-14-23-24(29-17-22-8-4-12-31(22)28(23)33)16-26(18)34-13-5-9-27(32)30-21-7-3-6-20(15-21)25-11-10-19(2)35-25;2-1-3/h3,6-7,10-11,14-17,22H,4-5,8-9,12-13H2,1-2H3,(H,30,32);/t22-;/m0./s1. The van der Waals surface area contributed by atoms with E-state index in [-0.39, 0.29) is 24.0 Å². The summed E-state index contributed by atoms with van der Waals surface area (Å²) in [5.41, 5.74) is 3.81. The number of nitrogens with zero attached hydrogens (tertiary/aromatic N) is 2. The first kappa shape index (κ1) is 26.6. The highest BCUT2D eigenvalue weighted by molar-refractivity contribution is 6.03. The van der Waals surface area contributed by atoms with Crippen molar-refractivity contribution in [2.45, 2.75) is 45.6 Å². The van der Waals surface area contributed by atoms with Crippen LogP contribution in [0.25, 0.3) is 11.3 Å². The lowest BCUT2D eigenvalue weighted by atomic mass is 10.1. The van der Waals surface area contributed by atoms with Crippen LogP contribution in [0.5, 0.6) is 5.75 Å². The third-order valence-electron chi connectivity index (χ3n) is 6.45. The Morgan fingerprint density at radius 2 is 2.00 bits per heavy atom. The van der Waals surface area contributed by atoms with Crippen LogP contribution in [0.1, 0.15) is 47.4 Å². The predicted octanol–water partition coefficient (Wildman–Crippen LogP) is 5.10. The second-order valence-electron chi connectivity index (χ2n) is 9.20. The smallest absolute Gasteiger partial charge is 0.373 e. The molecule has 0 bridgehead atoms. The molecule has 2 aliphatic rings. The lowest BCUT2D eigenvalue weighted by molar-refractivity contribution is -0.191. The second kappa shape index (κ2) is 12.2. The number of carbonyl (C=O) groups is 2. The van der Waals surface area contributed by atoms with Gasteiger partial charge in [-0.2, -0.15) is 9.59 Å². The number of hydrogen-bond donors (Lipinski definition) is 1. The number of amides is 2. The highest BCUT2D eigenvalue weighted by Crippen LogP contribution is 2.34. The number of furan rings is 1. The average molecular weight is 516 g/mol. The van der Waals surface area contributed by atoms with Crippen LogP contribution < -0.4 is 10.1 Å². The number of rotatable bonds is 7. The van der Waals surface area contributed by atoms with E-state index in [0.29, 0.717) is 36.4 Å². The molecule has 0 spiro atoms. The fraction of sp³-hybridized carbons (Fsp3) is 0.310. The molecule has 0 unspecified atom stereocenters. The van der Waals surface area contributed by atoms with E-state index in [1.54, 1.807) is 0 Å². The zero-order valence-electron chi connectivity index (χ0n) is 21.4. The van der Waals surface area contributed by atoms with Gasteiger partial charge in [-0.1, -0.05) is 12.1 Å². The first-order valence-electron chi connectivity index (χ1n) is 12.5. The third kappa shape index (κ3) is 6.25. The Bertz CT molecular complexity index is 1390. The Kier molecular flexibility index (Phi) is 8.51. The number of ether oxygens (including phenoxy) is 1. The number of hydrogen-bond acceptors (Lipinski definition) is 7. The van der Waals surface area contributed by atoms with Crippen molar-refractivity contribution in [2.75, 3.05) is 18.5 Å². The van der Waals surface area contributed by atoms with Crippen molar-refractivity contribution in [2.24, 2.45) is 4.99 Å². The molecule has 38 heavy (non-hydrogen) atoms. The number of aryl methyl sites for hydroxylation is 2. The van der Waals surface area contributed by atoms with E-state index in [1.165, 1.54) is 0 Å². The zero-order chi connectivity index (χ0) is 27.1. The van der Waals surface area contributed by atoms with Crippen LogP contribution in [-0.4, -0.2) is 48.3 Å². The Morgan fingerprint density at radius 3 is 2.76 bits per heavy atom. The third-order valence-corrected chi connectivity index (χ3v) is 6.45. The summed E-state index contributed by atoms with van der Waals surface area (Å²) in [6.07, 6.45) is 5.00. The van der Waals surface area contributed by atoms with Gasteiger partial charge in [0.1, 0.15) is 17.3 Å². The van der Waals surface area contributed by atoms with Crippen molar-refractivity contribution in [3.63, 3.8) is 0 Å². The maximum absolute atomic E-state index is 12.9. The molecule has 0 aliphatic carbocycles. The highest BCUT2D eigenvalue weighted by Gasteiger charge is 2.32. The zero-order valence-corrected chi connectivity index (χ0v) is 21.4. The van der Waals surface area contributed by atoms with Crippen LogP contribution in [0, 0.1) is 13.8 Å². The maximum Gasteiger partial charge on any atom is 0.373 e. The molecule has 0 radical (unpaired) electrons. The lowest BCUT2D eigenvalue weighted by Gasteiger charge is -2.20. The van der Waals surface area contributed by atoms with Crippen molar-refractivity contribution < 1.29 is 28.3 Å². The molecule has 2 aromatic carbocycles. The molecule has 9 heteroatoms. The fourth-order valence-corrected chi connectivity index (χ4v) is 4.61. The molecule has 5 rings (SSSR count). The second-order valence-corrected chi connectivity index (χ2v) is 9.20. The summed E-state index contributed by atoms with van der Waals surface area (Å²) in [5, 5.41) is 2.94. The van der Waals surface area contributed by atoms with E-state index in [2.05, 4.69) is 10.3 Å². The number of nitrogens with one attached hydrogen (secondary N) is 1. The van der Waals surface area contributed by atoms with Crippen molar-refractivity contribution in [1.29, 1.82) is 0 Å². The number of benzene rings is 2. The van der Waals surface area contributed by atoms with Gasteiger partial charge in [-0.25, -0.2) is 0 Å². The summed E-state index contributed by atoms with van der Waals surface area (Å²) in [7, 11) is 0. The van der Waals surface area contributed by atoms with E-state index in [0.717, 1.165) is 47.7 Å². The molecule has 1 N–H and O–H groups in total. The lowest BCUT2D eigenvalue weighted by Crippen LogP contribution is -2.35. The van der Waals surface area contributed by atoms with E-state index in [9.17, 15) is 9.59 Å². The minimum absolute atomic E-state index is 0.0394. The number of carbonyl (C=O) groups excluding carboxylic acids is 4. The van der Waals surface area contributed by atoms with Crippen LogP contribution in [0.3, 0.4) is 0 Å². The molecule has 196 valence electrons. The minimum atomic E-state index is -0.0733. The van der Waals surface area contributed by atoms with Gasteiger partial charge in [-0.15, -0.1) is 0 Å². The minimum Gasteiger partial charge on any atom is -0.493 e. The molecule has 3 aromatic rings. The Morgan fingerprint density at radius 1 is 1.18 bits per heavy atom. The van der Waals surface area contributed by atoms with Gasteiger partial charge in [0.2, 0.25) is 5.91 Å². The van der Waals surface area contributed by atoms with E-state index in [4.69, 9.17) is 18.7 Å². The van der Waals surface area contributed by atoms with E-state index >= 15 is 0 Å². The van der Waals surface area contributed by atoms with Crippen molar-refractivity contribution >= 4 is 35.6 Å². The van der Waals surface area contributed by atoms with Gasteiger partial charge in [0.15, 0.2) is 0 Å². The normalized spacial score (nSPS) is 15.5. The first-order chi connectivity index (χ1) is 18.4. The van der Waals surface area contributed by atoms with Gasteiger partial charge < -0.3 is 19.4 Å². The Hall–Kier alpha value is -4.49. The van der Waals surface area contributed by atoms with Gasteiger partial charge in [-0.05, 0) is 69.0 Å². The van der Waals surface area contributed by atoms with Gasteiger partial charge in [0.05, 0.1) is 23.9 Å². The van der Waals surface area contributed by atoms with Crippen LogP contribution in [0.4, 0.5) is 11.4 Å². The Labute approximate surface area is 220 Å². The number of fused-ring (bicyclic) bond motifs is 2. The van der Waals surface area contributed by atoms with Gasteiger partial charge in [0, 0.05) is 36.5 Å². The van der Waals surface area contributed by atoms with Crippen LogP contribution in [-0.2, 0) is 14.4 Å². The number of anilines is 1. The molecule has 1 fully saturated rings. The summed E-state index contributed by atoms with van der Waals surface area (Å²) >= 11 is 0. The molecule has 9 nitrogen and oxygen atoms in total. The van der Waals surface area contributed by atoms with Crippen LogP contribution in [0.15, 0.2) is 57.9 Å². The van der Waals surface area contributed by atoms with Crippen molar-refractivity contribution in [3.05, 3.63) is 65.4 Å². The summed E-state index contributed by atoms with van der Waals surface area (Å²) in [6.45, 7) is 5.01. The topological polar surface area (TPSA) is 118 Å². The fourth-order valence-electron chi connectivity index (χ4n) is 4.61. The van der Waals surface area contributed by atoms with Gasteiger partial charge >= 0.3 is 6.15 Å². The Balaban J connectivity index is 0.00000107. The van der Waals surface area contributed by atoms with Gasteiger partial charge in [-0.3, -0.25) is 14.6 Å². The van der Waals surface area contributed by atoms with Crippen LogP contribution in [0.2, 0.25) is 0 Å². The van der Waals surface area contributed by atoms with Crippen LogP contribution >= 0.6 is 0 Å². The van der Waals surface area contributed by atoms with Crippen molar-refractivity contribution in [3.8, 4) is 17.1 Å². The van der Waals surface area contributed by atoms with E-state index in [1.807, 2.05) is 73.5 Å². The summed E-state index contributed by atoms with van der Waals surface area (Å²) < 4.78 is 11.6. The number of aliphatic imine (C=N–C) groups is 1. The molecule has 3 heterocycles. The summed E-state index contributed by atoms with van der Waals surface area (Å²) in [4.78, 5) is 48.1. The highest BCUT2D eigenvalue weighted by atomic mass is 16.5. The molecule has 2 amide bonds. The quantitative estimate of drug-likeness (QED) is 0.438.